The van der Waals surface area contributed by atoms with Gasteiger partial charge in [-0.25, -0.2) is 4.79 Å². The second-order valence-corrected chi connectivity index (χ2v) is 6.96. The molecule has 0 aromatic carbocycles. The first-order valence-electron chi connectivity index (χ1n) is 9.62. The molecular weight excluding hydrogens is 324 g/mol. The normalized spacial score (nSPS) is 21.2. The van der Waals surface area contributed by atoms with E-state index in [9.17, 15) is 14.4 Å². The van der Waals surface area contributed by atoms with Gasteiger partial charge in [-0.3, -0.25) is 9.59 Å². The van der Waals surface area contributed by atoms with E-state index in [2.05, 4.69) is 0 Å². The predicted octanol–water partition coefficient (Wildman–Crippen LogP) is 2.82. The average molecular weight is 354 g/mol. The summed E-state index contributed by atoms with van der Waals surface area (Å²) in [6, 6.07) is 0. The third-order valence-electron chi connectivity index (χ3n) is 4.97. The zero-order valence-electron chi connectivity index (χ0n) is 15.2. The Hall–Kier alpha value is -1.43. The van der Waals surface area contributed by atoms with E-state index in [1.165, 1.54) is 0 Å². The van der Waals surface area contributed by atoms with Gasteiger partial charge in [-0.2, -0.15) is 0 Å². The van der Waals surface area contributed by atoms with Crippen molar-refractivity contribution in [1.29, 1.82) is 0 Å². The summed E-state index contributed by atoms with van der Waals surface area (Å²) in [6.07, 6.45) is 6.07. The Labute approximate surface area is 149 Å². The van der Waals surface area contributed by atoms with Crippen LogP contribution in [0.15, 0.2) is 0 Å². The molecule has 25 heavy (non-hydrogen) atoms. The summed E-state index contributed by atoms with van der Waals surface area (Å²) in [5, 5.41) is 0. The summed E-state index contributed by atoms with van der Waals surface area (Å²) in [5.41, 5.74) is 0. The van der Waals surface area contributed by atoms with E-state index in [1.54, 1.807) is 0 Å². The molecule has 0 aromatic heterocycles. The third kappa shape index (κ3) is 6.10. The molecule has 0 spiro atoms. The van der Waals surface area contributed by atoms with Gasteiger partial charge in [0.25, 0.3) is 6.10 Å². The van der Waals surface area contributed by atoms with Crippen molar-refractivity contribution in [3.8, 4) is 0 Å². The van der Waals surface area contributed by atoms with Crippen molar-refractivity contribution in [3.63, 3.8) is 0 Å². The highest BCUT2D eigenvalue weighted by molar-refractivity contribution is 6.04. The van der Waals surface area contributed by atoms with Crippen molar-refractivity contribution >= 4 is 17.7 Å². The van der Waals surface area contributed by atoms with Crippen LogP contribution in [0.25, 0.3) is 0 Å². The molecular formula is C19H30O6. The van der Waals surface area contributed by atoms with Crippen LogP contribution >= 0.6 is 0 Å². The highest BCUT2D eigenvalue weighted by atomic mass is 16.6. The van der Waals surface area contributed by atoms with Crippen molar-refractivity contribution in [1.82, 2.24) is 0 Å². The Morgan fingerprint density at radius 3 is 2.20 bits per heavy atom. The molecule has 2 aliphatic rings. The number of ether oxygens (including phenoxy) is 3. The van der Waals surface area contributed by atoms with Gasteiger partial charge >= 0.3 is 11.9 Å². The monoisotopic (exact) mass is 354 g/mol. The van der Waals surface area contributed by atoms with Gasteiger partial charge in [0.1, 0.15) is 0 Å². The van der Waals surface area contributed by atoms with E-state index in [0.29, 0.717) is 32.5 Å². The van der Waals surface area contributed by atoms with E-state index in [-0.39, 0.29) is 24.2 Å². The van der Waals surface area contributed by atoms with Crippen LogP contribution in [0.3, 0.4) is 0 Å². The molecule has 0 amide bonds. The summed E-state index contributed by atoms with van der Waals surface area (Å²) >= 11 is 0. The Morgan fingerprint density at radius 2 is 1.60 bits per heavy atom. The van der Waals surface area contributed by atoms with Crippen LogP contribution in [0.5, 0.6) is 0 Å². The molecule has 1 aliphatic carbocycles. The first-order chi connectivity index (χ1) is 12.1. The maximum absolute atomic E-state index is 12.8. The standard InChI is InChI=1S/C19H30O6/c1-2-11-24-19(22)17(16(20)14-9-12-23-13-10-14)25-18(21)15-7-5-3-4-6-8-15/h14-15,17H,2-13H2,1H3. The number of Topliss-reactive ketones (excluding diaryl/α,β-unsaturated/α-hetero) is 1. The van der Waals surface area contributed by atoms with Crippen LogP contribution in [0, 0.1) is 11.8 Å². The molecule has 2 rings (SSSR count). The molecule has 6 nitrogen and oxygen atoms in total. The van der Waals surface area contributed by atoms with Gasteiger partial charge in [0.15, 0.2) is 5.78 Å². The Kier molecular flexibility index (Phi) is 8.38. The SMILES string of the molecule is CCCOC(=O)C(OC(=O)C1CCCCCC1)C(=O)C1CCOCC1. The van der Waals surface area contributed by atoms with Gasteiger partial charge in [0, 0.05) is 19.1 Å². The number of carbonyl (C=O) groups is 3. The second-order valence-electron chi connectivity index (χ2n) is 6.96. The van der Waals surface area contributed by atoms with Gasteiger partial charge in [-0.05, 0) is 32.1 Å². The molecule has 2 fully saturated rings. The minimum atomic E-state index is -1.43. The van der Waals surface area contributed by atoms with Crippen molar-refractivity contribution in [2.45, 2.75) is 70.8 Å². The van der Waals surface area contributed by atoms with Crippen molar-refractivity contribution < 1.29 is 28.6 Å². The summed E-state index contributed by atoms with van der Waals surface area (Å²) in [7, 11) is 0. The molecule has 142 valence electrons. The molecule has 1 heterocycles. The lowest BCUT2D eigenvalue weighted by atomic mass is 9.92. The first kappa shape index (κ1) is 19.9. The fourth-order valence-corrected chi connectivity index (χ4v) is 3.42. The lowest BCUT2D eigenvalue weighted by Gasteiger charge is -2.25. The minimum Gasteiger partial charge on any atom is -0.463 e. The molecule has 0 N–H and O–H groups in total. The Balaban J connectivity index is 2.02. The smallest absolute Gasteiger partial charge is 0.355 e. The number of carbonyl (C=O) groups excluding carboxylic acids is 3. The van der Waals surface area contributed by atoms with Crippen molar-refractivity contribution in [3.05, 3.63) is 0 Å². The summed E-state index contributed by atoms with van der Waals surface area (Å²) in [6.45, 7) is 3.07. The van der Waals surface area contributed by atoms with Gasteiger partial charge in [0.2, 0.25) is 0 Å². The van der Waals surface area contributed by atoms with E-state index in [4.69, 9.17) is 14.2 Å². The first-order valence-corrected chi connectivity index (χ1v) is 9.62. The molecule has 1 saturated carbocycles. The number of rotatable bonds is 7. The lowest BCUT2D eigenvalue weighted by molar-refractivity contribution is -0.175. The topological polar surface area (TPSA) is 78.9 Å². The van der Waals surface area contributed by atoms with E-state index in [0.717, 1.165) is 38.5 Å². The Morgan fingerprint density at radius 1 is 0.960 bits per heavy atom. The molecule has 1 unspecified atom stereocenters. The lowest BCUT2D eigenvalue weighted by Crippen LogP contribution is -2.42. The summed E-state index contributed by atoms with van der Waals surface area (Å²) < 4.78 is 15.8. The minimum absolute atomic E-state index is 0.216. The van der Waals surface area contributed by atoms with Crippen molar-refractivity contribution in [2.24, 2.45) is 11.8 Å². The van der Waals surface area contributed by atoms with Gasteiger partial charge < -0.3 is 14.2 Å². The second kappa shape index (κ2) is 10.5. The molecule has 1 aliphatic heterocycles. The number of ketones is 1. The number of esters is 2. The summed E-state index contributed by atoms with van der Waals surface area (Å²) in [5.74, 6) is -2.03. The fourth-order valence-electron chi connectivity index (χ4n) is 3.42. The molecule has 1 saturated heterocycles. The zero-order valence-corrected chi connectivity index (χ0v) is 15.2. The van der Waals surface area contributed by atoms with Crippen molar-refractivity contribution in [2.75, 3.05) is 19.8 Å². The van der Waals surface area contributed by atoms with Gasteiger partial charge in [-0.1, -0.05) is 32.6 Å². The quantitative estimate of drug-likeness (QED) is 0.397. The summed E-state index contributed by atoms with van der Waals surface area (Å²) in [4.78, 5) is 37.6. The number of hydrogen-bond donors (Lipinski definition) is 0. The van der Waals surface area contributed by atoms with Crippen LogP contribution in [0.2, 0.25) is 0 Å². The van der Waals surface area contributed by atoms with Crippen LogP contribution in [-0.2, 0) is 28.6 Å². The molecule has 0 aromatic rings. The Bertz CT molecular complexity index is 447. The highest BCUT2D eigenvalue weighted by Gasteiger charge is 2.38. The maximum atomic E-state index is 12.8. The van der Waals surface area contributed by atoms with E-state index < -0.39 is 18.0 Å². The largest absolute Gasteiger partial charge is 0.463 e. The van der Waals surface area contributed by atoms with Crippen LogP contribution in [0.1, 0.15) is 64.7 Å². The molecule has 6 heteroatoms. The molecule has 0 bridgehead atoms. The van der Waals surface area contributed by atoms with Gasteiger partial charge in [0.05, 0.1) is 12.5 Å². The zero-order chi connectivity index (χ0) is 18.1. The van der Waals surface area contributed by atoms with Crippen LogP contribution < -0.4 is 0 Å². The van der Waals surface area contributed by atoms with Crippen LogP contribution in [0.4, 0.5) is 0 Å². The average Bonchev–Trinajstić information content (AvgIpc) is 2.93. The molecule has 0 radical (unpaired) electrons. The van der Waals surface area contributed by atoms with E-state index >= 15 is 0 Å². The third-order valence-corrected chi connectivity index (χ3v) is 4.97. The van der Waals surface area contributed by atoms with E-state index in [1.807, 2.05) is 6.92 Å². The maximum Gasteiger partial charge on any atom is 0.355 e. The fraction of sp³-hybridized carbons (Fsp3) is 0.842. The molecule has 1 atom stereocenters. The van der Waals surface area contributed by atoms with Gasteiger partial charge in [-0.15, -0.1) is 0 Å². The van der Waals surface area contributed by atoms with Crippen LogP contribution in [-0.4, -0.2) is 43.6 Å². The number of hydrogen-bond acceptors (Lipinski definition) is 6. The predicted molar refractivity (Wildman–Crippen MR) is 90.9 cm³/mol. The highest BCUT2D eigenvalue weighted by Crippen LogP contribution is 2.26.